The van der Waals surface area contributed by atoms with Gasteiger partial charge >= 0.3 is 0 Å². The van der Waals surface area contributed by atoms with E-state index in [2.05, 4.69) is 10.3 Å². The monoisotopic (exact) mass is 532 g/mol. The predicted octanol–water partition coefficient (Wildman–Crippen LogP) is 5.30. The molecule has 10 heteroatoms. The van der Waals surface area contributed by atoms with Crippen LogP contribution in [-0.4, -0.2) is 46.5 Å². The Morgan fingerprint density at radius 3 is 2.50 bits per heavy atom. The Hall–Kier alpha value is -4.08. The van der Waals surface area contributed by atoms with E-state index in [0.717, 1.165) is 5.56 Å². The number of para-hydroxylation sites is 1. The van der Waals surface area contributed by atoms with Gasteiger partial charge in [0.05, 0.1) is 11.4 Å². The number of amides is 1. The Balaban J connectivity index is 1.31. The summed E-state index contributed by atoms with van der Waals surface area (Å²) >= 11 is 6.31. The predicted molar refractivity (Wildman–Crippen MR) is 143 cm³/mol. The molecule has 0 spiro atoms. The minimum absolute atomic E-state index is 0.0456. The Morgan fingerprint density at radius 2 is 1.79 bits per heavy atom. The van der Waals surface area contributed by atoms with Gasteiger partial charge in [-0.3, -0.25) is 4.79 Å². The van der Waals surface area contributed by atoms with E-state index in [9.17, 15) is 13.6 Å². The lowest BCUT2D eigenvalue weighted by Crippen LogP contribution is -2.57. The molecule has 3 N–H and O–H groups in total. The van der Waals surface area contributed by atoms with E-state index in [0.29, 0.717) is 65.2 Å². The minimum Gasteiger partial charge on any atom is -0.336 e. The molecule has 7 nitrogen and oxygen atoms in total. The first-order valence-corrected chi connectivity index (χ1v) is 12.5. The van der Waals surface area contributed by atoms with Crippen molar-refractivity contribution in [2.75, 3.05) is 29.9 Å². The normalized spacial score (nSPS) is 14.8. The van der Waals surface area contributed by atoms with Gasteiger partial charge < -0.3 is 20.9 Å². The molecule has 192 valence electrons. The first-order chi connectivity index (χ1) is 18.4. The number of likely N-dealkylation sites (tertiary alicyclic amines) is 1. The number of fused-ring (bicyclic) bond motifs is 3. The molecule has 4 aromatic rings. The van der Waals surface area contributed by atoms with Crippen molar-refractivity contribution in [2.45, 2.75) is 12.5 Å². The molecule has 6 rings (SSSR count). The van der Waals surface area contributed by atoms with Crippen LogP contribution >= 0.6 is 11.6 Å². The second-order valence-electron chi connectivity index (χ2n) is 9.37. The fraction of sp³-hybridized carbons (Fsp3) is 0.179. The summed E-state index contributed by atoms with van der Waals surface area (Å²) in [6.45, 7) is 1.44. The molecule has 2 aliphatic heterocycles. The van der Waals surface area contributed by atoms with E-state index in [1.807, 2.05) is 0 Å². The quantitative estimate of drug-likeness (QED) is 0.371. The van der Waals surface area contributed by atoms with E-state index in [1.165, 1.54) is 18.2 Å². The van der Waals surface area contributed by atoms with Gasteiger partial charge in [0.15, 0.2) is 0 Å². The number of hydrogen-bond donors (Lipinski definition) is 2. The van der Waals surface area contributed by atoms with Gasteiger partial charge in [-0.2, -0.15) is 0 Å². The van der Waals surface area contributed by atoms with Crippen LogP contribution < -0.4 is 16.0 Å². The maximum absolute atomic E-state index is 14.8. The molecule has 0 bridgehead atoms. The number of hydrogen-bond acceptors (Lipinski definition) is 6. The lowest BCUT2D eigenvalue weighted by atomic mass is 10.0. The zero-order chi connectivity index (χ0) is 26.4. The summed E-state index contributed by atoms with van der Waals surface area (Å²) in [5, 5.41) is 3.62. The zero-order valence-corrected chi connectivity index (χ0v) is 20.9. The summed E-state index contributed by atoms with van der Waals surface area (Å²) in [7, 11) is 0. The number of rotatable bonds is 4. The molecular weight excluding hydrogens is 510 g/mol. The molecule has 3 aromatic carbocycles. The Bertz CT molecular complexity index is 1520. The van der Waals surface area contributed by atoms with Crippen molar-refractivity contribution < 1.29 is 13.6 Å². The van der Waals surface area contributed by atoms with Crippen LogP contribution in [0.1, 0.15) is 15.9 Å². The molecule has 1 saturated heterocycles. The maximum atomic E-state index is 14.8. The fourth-order valence-corrected chi connectivity index (χ4v) is 5.00. The molecule has 0 atom stereocenters. The number of nitrogens with zero attached hydrogens (tertiary/aromatic N) is 4. The summed E-state index contributed by atoms with van der Waals surface area (Å²) in [5.74, 6) is -1.02. The van der Waals surface area contributed by atoms with Crippen molar-refractivity contribution in [3.63, 3.8) is 0 Å². The highest BCUT2D eigenvalue weighted by atomic mass is 35.5. The van der Waals surface area contributed by atoms with Gasteiger partial charge in [0.1, 0.15) is 17.3 Å². The van der Waals surface area contributed by atoms with Crippen LogP contribution in [0, 0.1) is 11.6 Å². The van der Waals surface area contributed by atoms with Crippen molar-refractivity contribution >= 4 is 40.5 Å². The number of carbonyl (C=O) groups is 1. The van der Waals surface area contributed by atoms with Gasteiger partial charge in [-0.25, -0.2) is 18.7 Å². The molecule has 2 aliphatic rings. The summed E-state index contributed by atoms with van der Waals surface area (Å²) in [4.78, 5) is 25.0. The molecule has 0 aliphatic carbocycles. The third-order valence-electron chi connectivity index (χ3n) is 6.77. The van der Waals surface area contributed by atoms with Crippen molar-refractivity contribution in [3.8, 4) is 11.3 Å². The topological polar surface area (TPSA) is 87.4 Å². The number of nitrogens with one attached hydrogen (secondary N) is 1. The number of anilines is 4. The first-order valence-electron chi connectivity index (χ1n) is 12.2. The third-order valence-corrected chi connectivity index (χ3v) is 7.00. The van der Waals surface area contributed by atoms with Gasteiger partial charge in [0, 0.05) is 53.7 Å². The fourth-order valence-electron chi connectivity index (χ4n) is 4.83. The second kappa shape index (κ2) is 9.66. The van der Waals surface area contributed by atoms with Crippen LogP contribution in [0.3, 0.4) is 0 Å². The average Bonchev–Trinajstić information content (AvgIpc) is 3.03. The van der Waals surface area contributed by atoms with E-state index in [-0.39, 0.29) is 17.6 Å². The molecule has 1 fully saturated rings. The van der Waals surface area contributed by atoms with E-state index in [1.54, 1.807) is 58.5 Å². The molecule has 0 unspecified atom stereocenters. The Labute approximate surface area is 222 Å². The first kappa shape index (κ1) is 24.3. The third kappa shape index (κ3) is 4.44. The zero-order valence-electron chi connectivity index (χ0n) is 20.2. The van der Waals surface area contributed by atoms with Crippen LogP contribution in [0.2, 0.25) is 5.02 Å². The number of aromatic nitrogens is 2. The van der Waals surface area contributed by atoms with Crippen LogP contribution in [0.5, 0.6) is 0 Å². The van der Waals surface area contributed by atoms with E-state index in [4.69, 9.17) is 22.3 Å². The van der Waals surface area contributed by atoms with Crippen molar-refractivity contribution in [3.05, 3.63) is 94.6 Å². The smallest absolute Gasteiger partial charge is 0.253 e. The van der Waals surface area contributed by atoms with E-state index >= 15 is 0 Å². The summed E-state index contributed by atoms with van der Waals surface area (Å²) in [6.07, 6.45) is 2.18. The van der Waals surface area contributed by atoms with E-state index < -0.39 is 11.6 Å². The SMILES string of the molecule is NC1CN(C(=O)c2ccc(Nc3ncc4c(n3)-c3ccc(Cl)cc3N(c3c(F)cccc3F)CC4)cc2)C1. The van der Waals surface area contributed by atoms with Gasteiger partial charge in [-0.15, -0.1) is 0 Å². The number of nitrogens with two attached hydrogens (primary N) is 1. The van der Waals surface area contributed by atoms with Gasteiger partial charge in [0.2, 0.25) is 5.95 Å². The standard InChI is InChI=1S/C28H23ClF2N6O/c29-18-6-9-21-24(12-18)37(26-22(30)2-1-3-23(26)31)11-10-17-13-33-28(35-25(17)21)34-20-7-4-16(5-8-20)27(38)36-14-19(32)15-36/h1-9,12-13,19H,10-11,14-15,32H2,(H,33,34,35). The van der Waals surface area contributed by atoms with Crippen LogP contribution in [0.4, 0.5) is 31.8 Å². The lowest BCUT2D eigenvalue weighted by molar-refractivity contribution is 0.0608. The summed E-state index contributed by atoms with van der Waals surface area (Å²) < 4.78 is 29.6. The number of carbonyl (C=O) groups excluding carboxylic acids is 1. The highest BCUT2D eigenvalue weighted by Gasteiger charge is 2.29. The van der Waals surface area contributed by atoms with Gasteiger partial charge in [-0.1, -0.05) is 17.7 Å². The highest BCUT2D eigenvalue weighted by Crippen LogP contribution is 2.42. The van der Waals surface area contributed by atoms with Gasteiger partial charge in [0.25, 0.3) is 5.91 Å². The Morgan fingerprint density at radius 1 is 1.05 bits per heavy atom. The van der Waals surface area contributed by atoms with Crippen molar-refractivity contribution in [2.24, 2.45) is 5.73 Å². The van der Waals surface area contributed by atoms with Crippen molar-refractivity contribution in [1.82, 2.24) is 14.9 Å². The Kier molecular flexibility index (Phi) is 6.17. The maximum Gasteiger partial charge on any atom is 0.253 e. The largest absolute Gasteiger partial charge is 0.336 e. The van der Waals surface area contributed by atoms with Crippen LogP contribution in [0.25, 0.3) is 11.3 Å². The van der Waals surface area contributed by atoms with Gasteiger partial charge in [-0.05, 0) is 66.6 Å². The molecular formula is C28H23ClF2N6O. The molecule has 3 heterocycles. The average molecular weight is 533 g/mol. The minimum atomic E-state index is -0.658. The molecule has 1 amide bonds. The number of benzene rings is 3. The molecule has 0 radical (unpaired) electrons. The second-order valence-corrected chi connectivity index (χ2v) is 9.81. The van der Waals surface area contributed by atoms with Crippen molar-refractivity contribution in [1.29, 1.82) is 0 Å². The highest BCUT2D eigenvalue weighted by molar-refractivity contribution is 6.31. The lowest BCUT2D eigenvalue weighted by Gasteiger charge is -2.36. The summed E-state index contributed by atoms with van der Waals surface area (Å²) in [6, 6.07) is 16.1. The van der Waals surface area contributed by atoms with Crippen LogP contribution in [0.15, 0.2) is 66.9 Å². The molecule has 1 aromatic heterocycles. The molecule has 0 saturated carbocycles. The van der Waals surface area contributed by atoms with Crippen LogP contribution in [-0.2, 0) is 6.42 Å². The summed E-state index contributed by atoms with van der Waals surface area (Å²) in [5.41, 5.74) is 9.66. The number of halogens is 3. The molecule has 38 heavy (non-hydrogen) atoms.